The van der Waals surface area contributed by atoms with Crippen LogP contribution in [-0.4, -0.2) is 54.5 Å². The van der Waals surface area contributed by atoms with Gasteiger partial charge in [-0.1, -0.05) is 11.6 Å². The average molecular weight is 331 g/mol. The van der Waals surface area contributed by atoms with Crippen molar-refractivity contribution in [2.24, 2.45) is 0 Å². The van der Waals surface area contributed by atoms with Gasteiger partial charge in [-0.15, -0.1) is 0 Å². The van der Waals surface area contributed by atoms with E-state index in [1.165, 1.54) is 31.3 Å². The number of nitrogens with zero attached hydrogens (tertiary/aromatic N) is 3. The first-order valence-electron chi connectivity index (χ1n) is 8.75. The Hall–Kier alpha value is -1.95. The van der Waals surface area contributed by atoms with E-state index in [1.54, 1.807) is 6.07 Å². The molecule has 2 rings (SSSR count). The van der Waals surface area contributed by atoms with Gasteiger partial charge >= 0.3 is 0 Å². The molecule has 0 bridgehead atoms. The van der Waals surface area contributed by atoms with Gasteiger partial charge in [-0.3, -0.25) is 4.79 Å². The van der Waals surface area contributed by atoms with E-state index in [2.05, 4.69) is 26.7 Å². The van der Waals surface area contributed by atoms with Crippen molar-refractivity contribution in [3.05, 3.63) is 29.1 Å². The topological polar surface area (TPSA) is 70.2 Å². The molecule has 0 aromatic carbocycles. The molecule has 0 fully saturated rings. The van der Waals surface area contributed by atoms with Crippen molar-refractivity contribution in [2.45, 2.75) is 39.0 Å². The monoisotopic (exact) mass is 331 g/mol. The second kappa shape index (κ2) is 9.37. The summed E-state index contributed by atoms with van der Waals surface area (Å²) in [6, 6.07) is 1.72. The van der Waals surface area contributed by atoms with Gasteiger partial charge < -0.3 is 15.5 Å². The molecule has 2 N–H and O–H groups in total. The lowest BCUT2D eigenvalue weighted by molar-refractivity contribution is 0.0946. The van der Waals surface area contributed by atoms with Crippen LogP contribution in [0.3, 0.4) is 0 Å². The number of amides is 1. The van der Waals surface area contributed by atoms with E-state index in [4.69, 9.17) is 0 Å². The van der Waals surface area contributed by atoms with E-state index in [0.29, 0.717) is 18.2 Å². The Balaban J connectivity index is 1.87. The third-order valence-corrected chi connectivity index (χ3v) is 4.05. The SMILES string of the molecule is Cc1cc(C(=O)NCCN(C)C)nc(NCCC2=CCCCC2)n1. The van der Waals surface area contributed by atoms with Gasteiger partial charge in [-0.05, 0) is 59.2 Å². The Labute approximate surface area is 144 Å². The minimum atomic E-state index is -0.152. The molecule has 1 aromatic heterocycles. The maximum absolute atomic E-state index is 12.2. The van der Waals surface area contributed by atoms with Crippen LogP contribution < -0.4 is 10.6 Å². The number of carbonyl (C=O) groups excluding carboxylic acids is 1. The normalized spacial score (nSPS) is 14.4. The zero-order chi connectivity index (χ0) is 17.4. The third-order valence-electron chi connectivity index (χ3n) is 4.05. The molecule has 132 valence electrons. The summed E-state index contributed by atoms with van der Waals surface area (Å²) in [7, 11) is 3.95. The highest BCUT2D eigenvalue weighted by Gasteiger charge is 2.10. The van der Waals surface area contributed by atoms with Crippen LogP contribution in [-0.2, 0) is 0 Å². The van der Waals surface area contributed by atoms with E-state index < -0.39 is 0 Å². The highest BCUT2D eigenvalue weighted by molar-refractivity contribution is 5.92. The van der Waals surface area contributed by atoms with Crippen LogP contribution in [0.2, 0.25) is 0 Å². The Bertz CT molecular complexity index is 583. The molecule has 1 amide bonds. The molecule has 1 heterocycles. The largest absolute Gasteiger partial charge is 0.354 e. The Kier molecular flexibility index (Phi) is 7.18. The molecule has 0 aliphatic heterocycles. The minimum absolute atomic E-state index is 0.152. The molecule has 0 spiro atoms. The number of nitrogens with one attached hydrogen (secondary N) is 2. The van der Waals surface area contributed by atoms with Crippen LogP contribution in [0.4, 0.5) is 5.95 Å². The van der Waals surface area contributed by atoms with Crippen LogP contribution in [0.15, 0.2) is 17.7 Å². The van der Waals surface area contributed by atoms with Crippen LogP contribution in [0, 0.1) is 6.92 Å². The number of rotatable bonds is 8. The van der Waals surface area contributed by atoms with Crippen molar-refractivity contribution >= 4 is 11.9 Å². The fraction of sp³-hybridized carbons (Fsp3) is 0.611. The molecule has 0 atom stereocenters. The van der Waals surface area contributed by atoms with Gasteiger partial charge in [0, 0.05) is 25.3 Å². The molecule has 0 unspecified atom stereocenters. The molecular formula is C18H29N5O. The predicted molar refractivity (Wildman–Crippen MR) is 97.3 cm³/mol. The maximum atomic E-state index is 12.2. The molecule has 24 heavy (non-hydrogen) atoms. The molecule has 0 saturated heterocycles. The van der Waals surface area contributed by atoms with Crippen molar-refractivity contribution < 1.29 is 4.79 Å². The van der Waals surface area contributed by atoms with Crippen LogP contribution in [0.1, 0.15) is 48.3 Å². The number of anilines is 1. The van der Waals surface area contributed by atoms with Crippen molar-refractivity contribution in [1.29, 1.82) is 0 Å². The number of aryl methyl sites for hydroxylation is 1. The van der Waals surface area contributed by atoms with Gasteiger partial charge in [0.15, 0.2) is 0 Å². The highest BCUT2D eigenvalue weighted by Crippen LogP contribution is 2.19. The van der Waals surface area contributed by atoms with E-state index in [-0.39, 0.29) is 5.91 Å². The number of hydrogen-bond acceptors (Lipinski definition) is 5. The molecule has 0 saturated carbocycles. The van der Waals surface area contributed by atoms with Crippen molar-refractivity contribution in [1.82, 2.24) is 20.2 Å². The summed E-state index contributed by atoms with van der Waals surface area (Å²) in [5.41, 5.74) is 2.73. The second-order valence-electron chi connectivity index (χ2n) is 6.56. The Morgan fingerprint density at radius 2 is 2.08 bits per heavy atom. The molecule has 6 heteroatoms. The first-order chi connectivity index (χ1) is 11.5. The van der Waals surface area contributed by atoms with Gasteiger partial charge in [0.2, 0.25) is 5.95 Å². The summed E-state index contributed by atoms with van der Waals surface area (Å²) < 4.78 is 0. The van der Waals surface area contributed by atoms with Crippen molar-refractivity contribution in [3.8, 4) is 0 Å². The number of likely N-dealkylation sites (N-methyl/N-ethyl adjacent to an activating group) is 1. The summed E-state index contributed by atoms with van der Waals surface area (Å²) in [6.07, 6.45) is 8.38. The smallest absolute Gasteiger partial charge is 0.270 e. The molecule has 1 aliphatic carbocycles. The number of hydrogen-bond donors (Lipinski definition) is 2. The molecule has 6 nitrogen and oxygen atoms in total. The zero-order valence-electron chi connectivity index (χ0n) is 15.1. The summed E-state index contributed by atoms with van der Waals surface area (Å²) >= 11 is 0. The van der Waals surface area contributed by atoms with Gasteiger partial charge in [0.05, 0.1) is 0 Å². The van der Waals surface area contributed by atoms with Gasteiger partial charge in [0.25, 0.3) is 5.91 Å². The number of carbonyl (C=O) groups is 1. The lowest BCUT2D eigenvalue weighted by Gasteiger charge is -2.13. The first-order valence-corrected chi connectivity index (χ1v) is 8.75. The summed E-state index contributed by atoms with van der Waals surface area (Å²) in [4.78, 5) is 22.9. The lowest BCUT2D eigenvalue weighted by atomic mass is 9.97. The zero-order valence-corrected chi connectivity index (χ0v) is 15.1. The third kappa shape index (κ3) is 6.28. The van der Waals surface area contributed by atoms with E-state index >= 15 is 0 Å². The highest BCUT2D eigenvalue weighted by atomic mass is 16.1. The first kappa shape index (κ1) is 18.4. The lowest BCUT2D eigenvalue weighted by Crippen LogP contribution is -2.32. The summed E-state index contributed by atoms with van der Waals surface area (Å²) in [5, 5.41) is 6.14. The van der Waals surface area contributed by atoms with Crippen LogP contribution >= 0.6 is 0 Å². The van der Waals surface area contributed by atoms with E-state index in [9.17, 15) is 4.79 Å². The minimum Gasteiger partial charge on any atom is -0.354 e. The molecule has 1 aliphatic rings. The predicted octanol–water partition coefficient (Wildman–Crippen LogP) is 2.38. The second-order valence-corrected chi connectivity index (χ2v) is 6.56. The van der Waals surface area contributed by atoms with Crippen LogP contribution in [0.25, 0.3) is 0 Å². The Morgan fingerprint density at radius 1 is 1.25 bits per heavy atom. The number of allylic oxidation sites excluding steroid dienone is 1. The van der Waals surface area contributed by atoms with Crippen molar-refractivity contribution in [2.75, 3.05) is 39.0 Å². The molecular weight excluding hydrogens is 302 g/mol. The molecule has 0 radical (unpaired) electrons. The van der Waals surface area contributed by atoms with Gasteiger partial charge in [-0.25, -0.2) is 9.97 Å². The quantitative estimate of drug-likeness (QED) is 0.716. The Morgan fingerprint density at radius 3 is 2.79 bits per heavy atom. The van der Waals surface area contributed by atoms with E-state index in [1.807, 2.05) is 25.9 Å². The summed E-state index contributed by atoms with van der Waals surface area (Å²) in [6.45, 7) is 4.09. The maximum Gasteiger partial charge on any atom is 0.270 e. The van der Waals surface area contributed by atoms with Gasteiger partial charge in [0.1, 0.15) is 5.69 Å². The average Bonchev–Trinajstić information content (AvgIpc) is 2.55. The summed E-state index contributed by atoms with van der Waals surface area (Å²) in [5.74, 6) is 0.379. The van der Waals surface area contributed by atoms with Crippen LogP contribution in [0.5, 0.6) is 0 Å². The van der Waals surface area contributed by atoms with Gasteiger partial charge in [-0.2, -0.15) is 0 Å². The standard InChI is InChI=1S/C18H29N5O/c1-14-13-16(17(24)19-11-12-23(2)3)22-18(21-14)20-10-9-15-7-5-4-6-8-15/h7,13H,4-6,8-12H2,1-3H3,(H,19,24)(H,20,21,22). The van der Waals surface area contributed by atoms with Crippen molar-refractivity contribution in [3.63, 3.8) is 0 Å². The fourth-order valence-electron chi connectivity index (χ4n) is 2.71. The number of aromatic nitrogens is 2. The molecule has 1 aromatic rings. The van der Waals surface area contributed by atoms with E-state index in [0.717, 1.165) is 25.2 Å². The fourth-order valence-corrected chi connectivity index (χ4v) is 2.71.